The average molecular weight is 653 g/mol. The normalized spacial score (nSPS) is 12.1. The van der Waals surface area contributed by atoms with E-state index >= 15 is 0 Å². The smallest absolute Gasteiger partial charge is 0.264 e. The highest BCUT2D eigenvalue weighted by Crippen LogP contribution is 2.29. The van der Waals surface area contributed by atoms with Crippen molar-refractivity contribution in [2.45, 2.75) is 64.4 Å². The van der Waals surface area contributed by atoms with E-state index in [1.165, 1.54) is 23.1 Å². The number of hydrogen-bond donors (Lipinski definition) is 1. The van der Waals surface area contributed by atoms with Crippen LogP contribution in [0.5, 0.6) is 0 Å². The van der Waals surface area contributed by atoms with Crippen molar-refractivity contribution in [1.29, 1.82) is 0 Å². The second kappa shape index (κ2) is 15.1. The number of unbranched alkanes of at least 4 members (excludes halogenated alkanes) is 1. The van der Waals surface area contributed by atoms with Crippen molar-refractivity contribution >= 4 is 62.3 Å². The third kappa shape index (κ3) is 8.40. The summed E-state index contributed by atoms with van der Waals surface area (Å²) in [5.41, 5.74) is 2.52. The molecule has 1 N–H and O–H groups in total. The second-order valence-corrected chi connectivity index (χ2v) is 13.2. The minimum absolute atomic E-state index is 0.0164. The summed E-state index contributed by atoms with van der Waals surface area (Å²) in [7, 11) is -4.20. The van der Waals surface area contributed by atoms with Crippen LogP contribution in [0, 0.1) is 13.8 Å². The van der Waals surface area contributed by atoms with E-state index in [-0.39, 0.29) is 23.0 Å². The van der Waals surface area contributed by atoms with Gasteiger partial charge >= 0.3 is 0 Å². The lowest BCUT2D eigenvalue weighted by atomic mass is 10.1. The second-order valence-electron chi connectivity index (χ2n) is 10.1. The van der Waals surface area contributed by atoms with Crippen molar-refractivity contribution in [3.05, 3.63) is 92.4 Å². The number of sulfonamides is 1. The van der Waals surface area contributed by atoms with Crippen molar-refractivity contribution in [1.82, 2.24) is 10.2 Å². The number of hydrogen-bond acceptors (Lipinski definition) is 4. The van der Waals surface area contributed by atoms with Crippen LogP contribution in [0.1, 0.15) is 49.8 Å². The molecule has 11 heteroatoms. The van der Waals surface area contributed by atoms with E-state index in [1.807, 2.05) is 13.8 Å². The molecule has 3 aromatic carbocycles. The number of carbonyl (C=O) groups is 2. The van der Waals surface area contributed by atoms with Crippen molar-refractivity contribution in [2.75, 3.05) is 17.4 Å². The molecular formula is C31H36Cl3N3O4S. The number of carbonyl (C=O) groups excluding carboxylic acids is 2. The Morgan fingerprint density at radius 3 is 2.17 bits per heavy atom. The Kier molecular flexibility index (Phi) is 12.1. The van der Waals surface area contributed by atoms with E-state index in [0.717, 1.165) is 28.3 Å². The summed E-state index contributed by atoms with van der Waals surface area (Å²) in [6.07, 6.45) is 2.00. The lowest BCUT2D eigenvalue weighted by Crippen LogP contribution is -2.52. The van der Waals surface area contributed by atoms with Crippen LogP contribution in [-0.2, 0) is 26.2 Å². The summed E-state index contributed by atoms with van der Waals surface area (Å²) in [6, 6.07) is 15.3. The molecular weight excluding hydrogens is 617 g/mol. The van der Waals surface area contributed by atoms with Crippen molar-refractivity contribution in [2.24, 2.45) is 0 Å². The van der Waals surface area contributed by atoms with Crippen LogP contribution < -0.4 is 9.62 Å². The van der Waals surface area contributed by atoms with Gasteiger partial charge in [0.2, 0.25) is 11.8 Å². The fourth-order valence-electron chi connectivity index (χ4n) is 4.36. The molecule has 0 fully saturated rings. The van der Waals surface area contributed by atoms with Gasteiger partial charge in [0.15, 0.2) is 0 Å². The summed E-state index contributed by atoms with van der Waals surface area (Å²) in [6.45, 7) is 7.41. The Morgan fingerprint density at radius 1 is 0.881 bits per heavy atom. The van der Waals surface area contributed by atoms with E-state index in [2.05, 4.69) is 5.32 Å². The predicted molar refractivity (Wildman–Crippen MR) is 171 cm³/mol. The van der Waals surface area contributed by atoms with Crippen molar-refractivity contribution in [3.63, 3.8) is 0 Å². The first kappa shape index (κ1) is 33.7. The number of nitrogens with one attached hydrogen (secondary N) is 1. The number of aryl methyl sites for hydroxylation is 2. The quantitative estimate of drug-likeness (QED) is 0.198. The van der Waals surface area contributed by atoms with E-state index in [0.29, 0.717) is 33.6 Å². The molecule has 3 rings (SSSR count). The first-order valence-electron chi connectivity index (χ1n) is 13.8. The minimum atomic E-state index is -4.20. The Balaban J connectivity index is 2.07. The Hall–Kier alpha value is -2.78. The predicted octanol–water partition coefficient (Wildman–Crippen LogP) is 7.18. The third-order valence-corrected chi connectivity index (χ3v) is 9.82. The minimum Gasteiger partial charge on any atom is -0.354 e. The molecule has 0 aliphatic rings. The van der Waals surface area contributed by atoms with E-state index in [4.69, 9.17) is 34.8 Å². The summed E-state index contributed by atoms with van der Waals surface area (Å²) >= 11 is 18.8. The molecule has 42 heavy (non-hydrogen) atoms. The Labute approximate surface area is 263 Å². The first-order chi connectivity index (χ1) is 19.9. The largest absolute Gasteiger partial charge is 0.354 e. The topological polar surface area (TPSA) is 86.8 Å². The molecule has 0 aromatic heterocycles. The molecule has 1 unspecified atom stereocenters. The molecule has 0 radical (unpaired) electrons. The van der Waals surface area contributed by atoms with Gasteiger partial charge in [-0.15, -0.1) is 0 Å². The zero-order valence-electron chi connectivity index (χ0n) is 24.2. The van der Waals surface area contributed by atoms with Gasteiger partial charge in [-0.1, -0.05) is 84.9 Å². The molecule has 0 saturated carbocycles. The Morgan fingerprint density at radius 2 is 1.57 bits per heavy atom. The van der Waals surface area contributed by atoms with Crippen molar-refractivity contribution in [3.8, 4) is 0 Å². The highest BCUT2D eigenvalue weighted by Gasteiger charge is 2.34. The van der Waals surface area contributed by atoms with Crippen LogP contribution in [-0.4, -0.2) is 44.3 Å². The number of rotatable bonds is 13. The van der Waals surface area contributed by atoms with Gasteiger partial charge in [-0.05, 0) is 74.2 Å². The van der Waals surface area contributed by atoms with Gasteiger partial charge in [0.05, 0.1) is 20.6 Å². The molecule has 3 aromatic rings. The number of halogens is 3. The fourth-order valence-corrected chi connectivity index (χ4v) is 6.26. The van der Waals surface area contributed by atoms with Crippen molar-refractivity contribution < 1.29 is 18.0 Å². The maximum absolute atomic E-state index is 14.1. The maximum atomic E-state index is 14.1. The molecule has 0 saturated heterocycles. The van der Waals surface area contributed by atoms with Crippen LogP contribution >= 0.6 is 34.8 Å². The van der Waals surface area contributed by atoms with Crippen LogP contribution in [0.4, 0.5) is 5.69 Å². The van der Waals surface area contributed by atoms with E-state index in [1.54, 1.807) is 56.3 Å². The Bertz CT molecular complexity index is 1510. The molecule has 0 spiro atoms. The van der Waals surface area contributed by atoms with Crippen LogP contribution in [0.3, 0.4) is 0 Å². The number of benzene rings is 3. The highest BCUT2D eigenvalue weighted by atomic mass is 35.5. The van der Waals surface area contributed by atoms with E-state index < -0.39 is 28.5 Å². The summed E-state index contributed by atoms with van der Waals surface area (Å²) in [5, 5.41) is 3.93. The highest BCUT2D eigenvalue weighted by molar-refractivity contribution is 7.92. The van der Waals surface area contributed by atoms with Gasteiger partial charge in [0.1, 0.15) is 12.6 Å². The fraction of sp³-hybridized carbons (Fsp3) is 0.355. The third-order valence-electron chi connectivity index (χ3n) is 6.88. The first-order valence-corrected chi connectivity index (χ1v) is 16.3. The molecule has 7 nitrogen and oxygen atoms in total. The maximum Gasteiger partial charge on any atom is 0.264 e. The van der Waals surface area contributed by atoms with Gasteiger partial charge in [0, 0.05) is 18.1 Å². The standard InChI is InChI=1S/C31H36Cl3N3O4S/c1-5-7-16-35-31(39)29(6-2)36(19-23-11-15-26(32)28(34)17-23)30(38)20-37(24-12-10-22(4)27(33)18-24)42(40,41)25-13-8-21(3)9-14-25/h8-15,17-18,29H,5-7,16,19-20H2,1-4H3,(H,35,39). The zero-order chi connectivity index (χ0) is 31.0. The van der Waals surface area contributed by atoms with Gasteiger partial charge in [-0.2, -0.15) is 0 Å². The monoisotopic (exact) mass is 651 g/mol. The zero-order valence-corrected chi connectivity index (χ0v) is 27.2. The molecule has 0 bridgehead atoms. The molecule has 0 heterocycles. The summed E-state index contributed by atoms with van der Waals surface area (Å²) in [5.74, 6) is -0.878. The number of nitrogens with zero attached hydrogens (tertiary/aromatic N) is 2. The van der Waals surface area contributed by atoms with Crippen LogP contribution in [0.15, 0.2) is 65.6 Å². The van der Waals surface area contributed by atoms with Crippen LogP contribution in [0.2, 0.25) is 15.1 Å². The van der Waals surface area contributed by atoms with Gasteiger partial charge in [-0.3, -0.25) is 13.9 Å². The molecule has 0 aliphatic carbocycles. The molecule has 1 atom stereocenters. The van der Waals surface area contributed by atoms with E-state index in [9.17, 15) is 18.0 Å². The molecule has 226 valence electrons. The molecule has 0 aliphatic heterocycles. The van der Waals surface area contributed by atoms with Gasteiger partial charge in [-0.25, -0.2) is 8.42 Å². The van der Waals surface area contributed by atoms with Gasteiger partial charge < -0.3 is 10.2 Å². The summed E-state index contributed by atoms with van der Waals surface area (Å²) in [4.78, 5) is 28.9. The van der Waals surface area contributed by atoms with Gasteiger partial charge in [0.25, 0.3) is 10.0 Å². The average Bonchev–Trinajstić information content (AvgIpc) is 2.95. The van der Waals surface area contributed by atoms with Crippen LogP contribution in [0.25, 0.3) is 0 Å². The SMILES string of the molecule is CCCCNC(=O)C(CC)N(Cc1ccc(Cl)c(Cl)c1)C(=O)CN(c1ccc(C)c(Cl)c1)S(=O)(=O)c1ccc(C)cc1. The lowest BCUT2D eigenvalue weighted by molar-refractivity contribution is -0.140. The lowest BCUT2D eigenvalue weighted by Gasteiger charge is -2.33. The summed E-state index contributed by atoms with van der Waals surface area (Å²) < 4.78 is 29.0. The number of anilines is 1. The number of amides is 2. The molecule has 2 amide bonds.